The number of nitrogens with zero attached hydrogens (tertiary/aromatic N) is 4. The van der Waals surface area contributed by atoms with E-state index in [1.165, 1.54) is 0 Å². The van der Waals surface area contributed by atoms with Crippen molar-refractivity contribution in [3.05, 3.63) is 59.0 Å². The molecule has 8 nitrogen and oxygen atoms in total. The number of fused-ring (bicyclic) bond motifs is 1. The fourth-order valence-electron chi connectivity index (χ4n) is 5.03. The number of amides is 2. The Bertz CT molecular complexity index is 1170. The lowest BCUT2D eigenvalue weighted by Crippen LogP contribution is -2.38. The van der Waals surface area contributed by atoms with Gasteiger partial charge >= 0.3 is 0 Å². The van der Waals surface area contributed by atoms with Crippen LogP contribution in [0.15, 0.2) is 36.4 Å². The Morgan fingerprint density at radius 1 is 1.18 bits per heavy atom. The molecule has 3 aromatic rings. The van der Waals surface area contributed by atoms with Gasteiger partial charge in [-0.2, -0.15) is 10.2 Å². The number of hydrogen-bond donors (Lipinski definition) is 2. The Balaban J connectivity index is 1.38. The van der Waals surface area contributed by atoms with Crippen LogP contribution in [0.2, 0.25) is 0 Å². The third-order valence-electron chi connectivity index (χ3n) is 6.74. The second-order valence-corrected chi connectivity index (χ2v) is 9.81. The predicted molar refractivity (Wildman–Crippen MR) is 129 cm³/mol. The number of rotatable bonds is 6. The van der Waals surface area contributed by atoms with Crippen molar-refractivity contribution in [3.63, 3.8) is 0 Å². The number of hydrogen-bond acceptors (Lipinski definition) is 4. The Labute approximate surface area is 199 Å². The Morgan fingerprint density at radius 2 is 1.94 bits per heavy atom. The number of benzene rings is 1. The molecule has 3 heterocycles. The normalized spacial score (nSPS) is 16.1. The van der Waals surface area contributed by atoms with Gasteiger partial charge in [0.1, 0.15) is 5.69 Å². The number of aromatic amines is 1. The fraction of sp³-hybridized carbons (Fsp3) is 0.462. The van der Waals surface area contributed by atoms with Crippen LogP contribution < -0.4 is 5.32 Å². The highest BCUT2D eigenvalue weighted by atomic mass is 16.2. The third kappa shape index (κ3) is 4.49. The molecule has 1 fully saturated rings. The van der Waals surface area contributed by atoms with Gasteiger partial charge in [0.05, 0.1) is 12.2 Å². The number of H-pyrrole nitrogens is 1. The molecule has 1 aliphatic heterocycles. The molecule has 1 saturated carbocycles. The molecule has 0 atom stereocenters. The second kappa shape index (κ2) is 9.44. The van der Waals surface area contributed by atoms with Crippen molar-refractivity contribution in [3.8, 4) is 11.3 Å². The van der Waals surface area contributed by atoms with Gasteiger partial charge in [-0.05, 0) is 24.8 Å². The zero-order valence-electron chi connectivity index (χ0n) is 19.9. The van der Waals surface area contributed by atoms with Crippen LogP contribution >= 0.6 is 0 Å². The molecule has 1 aliphatic carbocycles. The Kier molecular flexibility index (Phi) is 6.22. The molecule has 2 aliphatic rings. The molecule has 5 rings (SSSR count). The topological polar surface area (TPSA) is 95.9 Å². The highest BCUT2D eigenvalue weighted by molar-refractivity contribution is 5.96. The summed E-state index contributed by atoms with van der Waals surface area (Å²) in [6.07, 6.45) is 5.03. The molecular formula is C26H32N6O2. The van der Waals surface area contributed by atoms with Crippen molar-refractivity contribution < 1.29 is 9.59 Å². The van der Waals surface area contributed by atoms with E-state index < -0.39 is 0 Å². The minimum atomic E-state index is -0.118. The molecule has 1 aromatic carbocycles. The summed E-state index contributed by atoms with van der Waals surface area (Å²) in [5.74, 6) is 0.183. The van der Waals surface area contributed by atoms with E-state index in [9.17, 15) is 9.59 Å². The largest absolute Gasteiger partial charge is 0.348 e. The van der Waals surface area contributed by atoms with E-state index in [0.717, 1.165) is 54.7 Å². The van der Waals surface area contributed by atoms with Crippen LogP contribution in [0.25, 0.3) is 11.3 Å². The highest BCUT2D eigenvalue weighted by Crippen LogP contribution is 2.26. The van der Waals surface area contributed by atoms with Crippen LogP contribution in [0.1, 0.15) is 71.8 Å². The predicted octanol–water partition coefficient (Wildman–Crippen LogP) is 3.80. The van der Waals surface area contributed by atoms with Gasteiger partial charge in [0, 0.05) is 42.4 Å². The van der Waals surface area contributed by atoms with Crippen LogP contribution in [-0.2, 0) is 19.5 Å². The molecule has 0 saturated heterocycles. The summed E-state index contributed by atoms with van der Waals surface area (Å²) in [4.78, 5) is 28.3. The lowest BCUT2D eigenvalue weighted by molar-refractivity contribution is 0.0724. The van der Waals surface area contributed by atoms with Crippen molar-refractivity contribution in [2.24, 2.45) is 5.92 Å². The SMILES string of the molecule is CC(C)Cn1nc(C(=O)NC2CCCC2)c2c1CCN(C(=O)c1cc(-c3ccccc3)n[nH]1)C2. The monoisotopic (exact) mass is 460 g/mol. The average Bonchev–Trinajstić information content (AvgIpc) is 3.59. The molecule has 2 N–H and O–H groups in total. The van der Waals surface area contributed by atoms with E-state index in [1.54, 1.807) is 11.0 Å². The van der Waals surface area contributed by atoms with Crippen LogP contribution in [0.5, 0.6) is 0 Å². The van der Waals surface area contributed by atoms with Gasteiger partial charge < -0.3 is 10.2 Å². The van der Waals surface area contributed by atoms with Gasteiger partial charge in [-0.1, -0.05) is 57.0 Å². The van der Waals surface area contributed by atoms with Gasteiger partial charge in [-0.3, -0.25) is 19.4 Å². The smallest absolute Gasteiger partial charge is 0.272 e. The summed E-state index contributed by atoms with van der Waals surface area (Å²) in [6, 6.07) is 11.8. The number of carbonyl (C=O) groups is 2. The van der Waals surface area contributed by atoms with Crippen LogP contribution in [0.4, 0.5) is 0 Å². The Hall–Kier alpha value is -3.42. The van der Waals surface area contributed by atoms with Crippen LogP contribution in [0.3, 0.4) is 0 Å². The van der Waals surface area contributed by atoms with Crippen LogP contribution in [-0.4, -0.2) is 49.3 Å². The second-order valence-electron chi connectivity index (χ2n) is 9.81. The number of carbonyl (C=O) groups excluding carboxylic acids is 2. The van der Waals surface area contributed by atoms with Crippen molar-refractivity contribution in [2.75, 3.05) is 6.54 Å². The molecule has 2 aromatic heterocycles. The maximum absolute atomic E-state index is 13.3. The zero-order chi connectivity index (χ0) is 23.7. The minimum absolute atomic E-state index is 0.112. The third-order valence-corrected chi connectivity index (χ3v) is 6.74. The zero-order valence-corrected chi connectivity index (χ0v) is 19.9. The highest BCUT2D eigenvalue weighted by Gasteiger charge is 2.32. The van der Waals surface area contributed by atoms with Gasteiger partial charge in [-0.15, -0.1) is 0 Å². The van der Waals surface area contributed by atoms with Crippen molar-refractivity contribution in [1.82, 2.24) is 30.2 Å². The van der Waals surface area contributed by atoms with Gasteiger partial charge in [-0.25, -0.2) is 0 Å². The first-order valence-corrected chi connectivity index (χ1v) is 12.3. The summed E-state index contributed by atoms with van der Waals surface area (Å²) in [5, 5.41) is 15.1. The van der Waals surface area contributed by atoms with E-state index in [-0.39, 0.29) is 17.9 Å². The van der Waals surface area contributed by atoms with E-state index in [0.29, 0.717) is 36.8 Å². The summed E-state index contributed by atoms with van der Waals surface area (Å²) in [7, 11) is 0. The Morgan fingerprint density at radius 3 is 2.68 bits per heavy atom. The molecule has 2 amide bonds. The first kappa shape index (κ1) is 22.4. The number of nitrogens with one attached hydrogen (secondary N) is 2. The molecule has 0 unspecified atom stereocenters. The molecule has 178 valence electrons. The van der Waals surface area contributed by atoms with E-state index in [2.05, 4.69) is 29.4 Å². The molecular weight excluding hydrogens is 428 g/mol. The summed E-state index contributed by atoms with van der Waals surface area (Å²) in [5.41, 5.74) is 4.56. The van der Waals surface area contributed by atoms with E-state index >= 15 is 0 Å². The molecule has 0 radical (unpaired) electrons. The number of aromatic nitrogens is 4. The van der Waals surface area contributed by atoms with E-state index in [4.69, 9.17) is 5.10 Å². The first-order valence-electron chi connectivity index (χ1n) is 12.3. The lowest BCUT2D eigenvalue weighted by atomic mass is 10.0. The molecule has 0 bridgehead atoms. The maximum Gasteiger partial charge on any atom is 0.272 e. The molecule has 0 spiro atoms. The van der Waals surface area contributed by atoms with Gasteiger partial charge in [0.25, 0.3) is 11.8 Å². The summed E-state index contributed by atoms with van der Waals surface area (Å²) in [6.45, 7) is 6.01. The fourth-order valence-corrected chi connectivity index (χ4v) is 5.03. The average molecular weight is 461 g/mol. The molecule has 34 heavy (non-hydrogen) atoms. The summed E-state index contributed by atoms with van der Waals surface area (Å²) < 4.78 is 1.98. The molecule has 8 heteroatoms. The van der Waals surface area contributed by atoms with Crippen molar-refractivity contribution in [2.45, 2.75) is 65.1 Å². The minimum Gasteiger partial charge on any atom is -0.348 e. The van der Waals surface area contributed by atoms with Crippen LogP contribution in [0, 0.1) is 5.92 Å². The van der Waals surface area contributed by atoms with Gasteiger partial charge in [0.2, 0.25) is 0 Å². The standard InChI is InChI=1S/C26H32N6O2/c1-17(2)15-32-23-12-13-31(16-20(23)24(30-32)25(33)27-19-10-6-7-11-19)26(34)22-14-21(28-29-22)18-8-4-3-5-9-18/h3-5,8-9,14,17,19H,6-7,10-13,15-16H2,1-2H3,(H,27,33)(H,28,29). The summed E-state index contributed by atoms with van der Waals surface area (Å²) >= 11 is 0. The maximum atomic E-state index is 13.3. The van der Waals surface area contributed by atoms with E-state index in [1.807, 2.05) is 35.0 Å². The lowest BCUT2D eigenvalue weighted by Gasteiger charge is -2.27. The van der Waals surface area contributed by atoms with Gasteiger partial charge in [0.15, 0.2) is 5.69 Å². The quantitative estimate of drug-likeness (QED) is 0.585. The van der Waals surface area contributed by atoms with Crippen molar-refractivity contribution in [1.29, 1.82) is 0 Å². The first-order chi connectivity index (χ1) is 16.5. The van der Waals surface area contributed by atoms with Crippen molar-refractivity contribution >= 4 is 11.8 Å².